The van der Waals surface area contributed by atoms with Gasteiger partial charge in [-0.25, -0.2) is 13.6 Å². The number of aliphatic hydroxyl groups is 2. The topological polar surface area (TPSA) is 140 Å². The molecular formula is C35H40F2O9S. The summed E-state index contributed by atoms with van der Waals surface area (Å²) in [6.45, 7) is 7.59. The first kappa shape index (κ1) is 35.0. The van der Waals surface area contributed by atoms with Crippen molar-refractivity contribution < 1.29 is 52.1 Å². The molecule has 0 aromatic carbocycles. The number of allylic oxidation sites excluding steroid dienone is 4. The molecule has 1 heterocycles. The molecule has 0 spiro atoms. The molecule has 12 heteroatoms. The van der Waals surface area contributed by atoms with Crippen LogP contribution in [0.2, 0.25) is 0 Å². The lowest BCUT2D eigenvalue weighted by Crippen LogP contribution is -2.70. The number of hydrogen-bond acceptors (Lipinski definition) is 10. The monoisotopic (exact) mass is 674 g/mol. The van der Waals surface area contributed by atoms with Gasteiger partial charge < -0.3 is 24.1 Å². The van der Waals surface area contributed by atoms with Crippen molar-refractivity contribution in [2.75, 3.05) is 12.4 Å². The molecule has 0 saturated heterocycles. The van der Waals surface area contributed by atoms with E-state index in [0.717, 1.165) is 17.8 Å². The molecule has 2 unspecified atom stereocenters. The van der Waals surface area contributed by atoms with E-state index in [1.54, 1.807) is 13.8 Å². The highest BCUT2D eigenvalue weighted by atomic mass is 32.2. The minimum Gasteiger partial charge on any atom is -0.457 e. The van der Waals surface area contributed by atoms with Gasteiger partial charge in [-0.3, -0.25) is 14.4 Å². The minimum atomic E-state index is -2.37. The van der Waals surface area contributed by atoms with Crippen LogP contribution in [0.5, 0.6) is 0 Å². The van der Waals surface area contributed by atoms with Crippen LogP contribution in [0.4, 0.5) is 8.78 Å². The summed E-state index contributed by atoms with van der Waals surface area (Å²) in [4.78, 5) is 51.8. The second-order valence-electron chi connectivity index (χ2n) is 14.2. The molecule has 4 aliphatic carbocycles. The van der Waals surface area contributed by atoms with Crippen molar-refractivity contribution in [1.82, 2.24) is 0 Å². The number of rotatable bonds is 7. The van der Waals surface area contributed by atoms with E-state index >= 15 is 8.78 Å². The molecule has 0 aliphatic heterocycles. The highest BCUT2D eigenvalue weighted by Gasteiger charge is 2.78. The SMILES string of the molecule is C[C@@H]1CC2C3C[C@H](F)C4=CC(=O)C=C[C@]4(C)[C@@]3(F)[C@@H](O)C[C@]2(C)[C@@]1(OC(=O)c1ccco1)C(=O)SCC#CCOC(=O)CC(C)(C)O. The van der Waals surface area contributed by atoms with Gasteiger partial charge in [0, 0.05) is 22.7 Å². The first-order valence-electron chi connectivity index (χ1n) is 15.6. The first-order valence-corrected chi connectivity index (χ1v) is 16.6. The maximum Gasteiger partial charge on any atom is 0.375 e. The van der Waals surface area contributed by atoms with Crippen molar-refractivity contribution in [1.29, 1.82) is 0 Å². The predicted molar refractivity (Wildman–Crippen MR) is 167 cm³/mol. The smallest absolute Gasteiger partial charge is 0.375 e. The Hall–Kier alpha value is -3.27. The minimum absolute atomic E-state index is 0.0103. The Labute approximate surface area is 276 Å². The van der Waals surface area contributed by atoms with Crippen LogP contribution < -0.4 is 0 Å². The average molecular weight is 675 g/mol. The second kappa shape index (κ2) is 12.3. The summed E-state index contributed by atoms with van der Waals surface area (Å²) in [5.74, 6) is 0.759. The molecule has 9 nitrogen and oxygen atoms in total. The van der Waals surface area contributed by atoms with Gasteiger partial charge in [0.25, 0.3) is 0 Å². The number of hydrogen-bond donors (Lipinski definition) is 2. The molecule has 3 fully saturated rings. The van der Waals surface area contributed by atoms with Gasteiger partial charge in [0.15, 0.2) is 23.7 Å². The fraction of sp³-hybridized carbons (Fsp3) is 0.600. The number of carbonyl (C=O) groups is 4. The maximum absolute atomic E-state index is 17.7. The van der Waals surface area contributed by atoms with Crippen LogP contribution >= 0.6 is 11.8 Å². The predicted octanol–water partition coefficient (Wildman–Crippen LogP) is 4.71. The van der Waals surface area contributed by atoms with Crippen LogP contribution in [-0.4, -0.2) is 74.6 Å². The summed E-state index contributed by atoms with van der Waals surface area (Å²) in [5.41, 5.74) is -8.42. The molecule has 0 amide bonds. The summed E-state index contributed by atoms with van der Waals surface area (Å²) in [6.07, 6.45) is 0.970. The number of furan rings is 1. The van der Waals surface area contributed by atoms with Crippen LogP contribution in [-0.2, 0) is 23.9 Å². The molecule has 4 aliphatic rings. The number of ketones is 1. The summed E-state index contributed by atoms with van der Waals surface area (Å²) in [6, 6.07) is 2.88. The van der Waals surface area contributed by atoms with Crippen molar-refractivity contribution in [3.8, 4) is 11.8 Å². The molecule has 1 aromatic rings. The van der Waals surface area contributed by atoms with Crippen molar-refractivity contribution in [2.24, 2.45) is 28.6 Å². The Morgan fingerprint density at radius 3 is 2.57 bits per heavy atom. The molecule has 3 saturated carbocycles. The van der Waals surface area contributed by atoms with Gasteiger partial charge in [0.05, 0.1) is 30.1 Å². The van der Waals surface area contributed by atoms with Crippen LogP contribution in [0.3, 0.4) is 0 Å². The lowest BCUT2D eigenvalue weighted by atomic mass is 9.44. The Morgan fingerprint density at radius 2 is 1.91 bits per heavy atom. The van der Waals surface area contributed by atoms with E-state index in [9.17, 15) is 29.4 Å². The fourth-order valence-electron chi connectivity index (χ4n) is 8.64. The van der Waals surface area contributed by atoms with E-state index in [0.29, 0.717) is 0 Å². The molecule has 2 N–H and O–H groups in total. The molecule has 47 heavy (non-hydrogen) atoms. The van der Waals surface area contributed by atoms with Gasteiger partial charge >= 0.3 is 11.9 Å². The number of alkyl halides is 2. The largest absolute Gasteiger partial charge is 0.457 e. The standard InChI is InChI=1S/C35H40F2O9S/c1-20-15-22-23-17-25(36)24-16-21(38)10-11-32(24,4)34(23,37)27(39)18-33(22,5)35(20,46-29(41)26-9-8-13-44-26)30(42)47-14-7-6-12-45-28(40)19-31(2,3)43/h8-11,13,16,20,22-23,25,27,39,43H,12,14-15,17-19H2,1-5H3/t20-,22?,23?,25+,27+,32+,33+,34+,35+/m1/s1. The van der Waals surface area contributed by atoms with Gasteiger partial charge in [-0.15, -0.1) is 0 Å². The number of fused-ring (bicyclic) bond motifs is 5. The van der Waals surface area contributed by atoms with Gasteiger partial charge in [-0.1, -0.05) is 43.5 Å². The van der Waals surface area contributed by atoms with Gasteiger partial charge in [-0.05, 0) is 75.8 Å². The van der Waals surface area contributed by atoms with E-state index in [1.807, 2.05) is 0 Å². The van der Waals surface area contributed by atoms with Crippen LogP contribution in [0.25, 0.3) is 0 Å². The summed E-state index contributed by atoms with van der Waals surface area (Å²) in [5, 5.41) is 20.9. The average Bonchev–Trinajstić information content (AvgIpc) is 3.59. The summed E-state index contributed by atoms with van der Waals surface area (Å²) >= 11 is 0.778. The number of esters is 2. The van der Waals surface area contributed by atoms with Crippen LogP contribution in [0.15, 0.2) is 46.6 Å². The molecule has 0 radical (unpaired) electrons. The van der Waals surface area contributed by atoms with E-state index in [-0.39, 0.29) is 49.4 Å². The van der Waals surface area contributed by atoms with E-state index in [1.165, 1.54) is 51.3 Å². The van der Waals surface area contributed by atoms with E-state index in [2.05, 4.69) is 11.8 Å². The molecule has 254 valence electrons. The molecule has 0 bridgehead atoms. The number of halogens is 2. The highest BCUT2D eigenvalue weighted by molar-refractivity contribution is 8.14. The van der Waals surface area contributed by atoms with Gasteiger partial charge in [0.2, 0.25) is 10.9 Å². The van der Waals surface area contributed by atoms with Crippen molar-refractivity contribution >= 4 is 34.6 Å². The third-order valence-corrected chi connectivity index (χ3v) is 11.6. The Kier molecular flexibility index (Phi) is 9.18. The Balaban J connectivity index is 1.46. The summed E-state index contributed by atoms with van der Waals surface area (Å²) in [7, 11) is 0. The zero-order valence-corrected chi connectivity index (χ0v) is 27.8. The summed E-state index contributed by atoms with van der Waals surface area (Å²) < 4.78 is 50.0. The van der Waals surface area contributed by atoms with Gasteiger partial charge in [0.1, 0.15) is 6.17 Å². The second-order valence-corrected chi connectivity index (χ2v) is 15.1. The van der Waals surface area contributed by atoms with Crippen LogP contribution in [0, 0.1) is 40.4 Å². The normalized spacial score (nSPS) is 37.4. The number of aliphatic hydroxyl groups excluding tert-OH is 1. The highest BCUT2D eigenvalue weighted by Crippen LogP contribution is 2.72. The Morgan fingerprint density at radius 1 is 1.19 bits per heavy atom. The van der Waals surface area contributed by atoms with Crippen molar-refractivity contribution in [3.63, 3.8) is 0 Å². The fourth-order valence-corrected chi connectivity index (χ4v) is 9.64. The van der Waals surface area contributed by atoms with E-state index in [4.69, 9.17) is 13.9 Å². The number of thioether (sulfide) groups is 1. The zero-order valence-electron chi connectivity index (χ0n) is 27.0. The van der Waals surface area contributed by atoms with Crippen molar-refractivity contribution in [2.45, 2.75) is 89.4 Å². The molecule has 1 aromatic heterocycles. The van der Waals surface area contributed by atoms with Gasteiger partial charge in [-0.2, -0.15) is 0 Å². The third-order valence-electron chi connectivity index (χ3n) is 10.7. The maximum atomic E-state index is 17.7. The van der Waals surface area contributed by atoms with Crippen molar-refractivity contribution in [3.05, 3.63) is 48.0 Å². The quantitative estimate of drug-likeness (QED) is 0.309. The molecule has 5 rings (SSSR count). The number of carbonyl (C=O) groups excluding carboxylic acids is 4. The molecule has 9 atom stereocenters. The van der Waals surface area contributed by atoms with Crippen LogP contribution in [0.1, 0.15) is 70.9 Å². The Bertz CT molecular complexity index is 1570. The first-order chi connectivity index (χ1) is 21.9. The molecular weight excluding hydrogens is 634 g/mol. The lowest BCUT2D eigenvalue weighted by Gasteiger charge is -2.63. The number of ether oxygens (including phenoxy) is 2. The zero-order chi connectivity index (χ0) is 34.6. The van der Waals surface area contributed by atoms with E-state index < -0.39 is 80.6 Å². The third kappa shape index (κ3) is 5.68. The lowest BCUT2D eigenvalue weighted by molar-refractivity contribution is -0.221.